The van der Waals surface area contributed by atoms with E-state index < -0.39 is 5.97 Å². The SMILES string of the molecule is Cc1cc(CN2C[C@H](C(=O)O)C[C@H](C(C)(C)C)C2)n(C2CCCC2)n1. The lowest BCUT2D eigenvalue weighted by atomic mass is 9.73. The second-order valence-corrected chi connectivity index (χ2v) is 9.19. The summed E-state index contributed by atoms with van der Waals surface area (Å²) in [7, 11) is 0. The summed E-state index contributed by atoms with van der Waals surface area (Å²) in [4.78, 5) is 14.0. The van der Waals surface area contributed by atoms with Gasteiger partial charge in [0.2, 0.25) is 0 Å². The van der Waals surface area contributed by atoms with E-state index >= 15 is 0 Å². The van der Waals surface area contributed by atoms with Gasteiger partial charge >= 0.3 is 5.97 Å². The molecule has 0 bridgehead atoms. The zero-order valence-electron chi connectivity index (χ0n) is 16.2. The summed E-state index contributed by atoms with van der Waals surface area (Å²) in [5, 5.41) is 14.3. The third kappa shape index (κ3) is 4.25. The molecule has 1 aromatic rings. The molecule has 1 N–H and O–H groups in total. The predicted octanol–water partition coefficient (Wildman–Crippen LogP) is 3.88. The molecular weight excluding hydrogens is 314 g/mol. The van der Waals surface area contributed by atoms with Crippen LogP contribution in [0.25, 0.3) is 0 Å². The minimum absolute atomic E-state index is 0.133. The van der Waals surface area contributed by atoms with E-state index in [9.17, 15) is 9.90 Å². The molecule has 1 aliphatic carbocycles. The fraction of sp³-hybridized carbons (Fsp3) is 0.800. The molecule has 25 heavy (non-hydrogen) atoms. The molecule has 1 aromatic heterocycles. The molecule has 1 saturated carbocycles. The Labute approximate surface area is 151 Å². The van der Waals surface area contributed by atoms with Crippen LogP contribution in [0.1, 0.15) is 70.3 Å². The molecule has 0 aromatic carbocycles. The summed E-state index contributed by atoms with van der Waals surface area (Å²) in [5.41, 5.74) is 2.46. The number of aliphatic carboxylic acids is 1. The Bertz CT molecular complexity index is 611. The summed E-state index contributed by atoms with van der Waals surface area (Å²) >= 11 is 0. The largest absolute Gasteiger partial charge is 0.481 e. The molecule has 1 saturated heterocycles. The highest BCUT2D eigenvalue weighted by Crippen LogP contribution is 2.37. The van der Waals surface area contributed by atoms with Crippen molar-refractivity contribution in [2.75, 3.05) is 13.1 Å². The highest BCUT2D eigenvalue weighted by atomic mass is 16.4. The van der Waals surface area contributed by atoms with Crippen molar-refractivity contribution in [1.29, 1.82) is 0 Å². The van der Waals surface area contributed by atoms with Crippen molar-refractivity contribution >= 4 is 5.97 Å². The standard InChI is InChI=1S/C20H33N3O2/c1-14-9-18(23(21-14)17-7-5-6-8-17)13-22-11-15(19(24)25)10-16(12-22)20(2,3)4/h9,15-17H,5-8,10-13H2,1-4H3,(H,24,25)/t15-,16+/m1/s1. The Morgan fingerprint density at radius 1 is 1.28 bits per heavy atom. The predicted molar refractivity (Wildman–Crippen MR) is 98.4 cm³/mol. The van der Waals surface area contributed by atoms with Crippen LogP contribution in [0.3, 0.4) is 0 Å². The molecule has 140 valence electrons. The minimum Gasteiger partial charge on any atom is -0.481 e. The quantitative estimate of drug-likeness (QED) is 0.898. The molecule has 2 fully saturated rings. The molecule has 2 atom stereocenters. The van der Waals surface area contributed by atoms with Crippen LogP contribution in [-0.4, -0.2) is 38.8 Å². The number of hydrogen-bond donors (Lipinski definition) is 1. The van der Waals surface area contributed by atoms with Gasteiger partial charge in [-0.25, -0.2) is 0 Å². The summed E-state index contributed by atoms with van der Waals surface area (Å²) in [6, 6.07) is 2.72. The van der Waals surface area contributed by atoms with Gasteiger partial charge in [-0.05, 0) is 43.6 Å². The first kappa shape index (κ1) is 18.4. The van der Waals surface area contributed by atoms with Crippen LogP contribution in [-0.2, 0) is 11.3 Å². The number of carboxylic acids is 1. The summed E-state index contributed by atoms with van der Waals surface area (Å²) in [6.07, 6.45) is 5.81. The van der Waals surface area contributed by atoms with Gasteiger partial charge in [-0.15, -0.1) is 0 Å². The highest BCUT2D eigenvalue weighted by Gasteiger charge is 2.37. The van der Waals surface area contributed by atoms with Crippen molar-refractivity contribution < 1.29 is 9.90 Å². The van der Waals surface area contributed by atoms with E-state index in [0.717, 1.165) is 25.2 Å². The normalized spacial score (nSPS) is 26.2. The topological polar surface area (TPSA) is 58.4 Å². The van der Waals surface area contributed by atoms with Gasteiger partial charge in [0.15, 0.2) is 0 Å². The molecule has 5 heteroatoms. The van der Waals surface area contributed by atoms with Crippen molar-refractivity contribution in [2.45, 2.75) is 72.4 Å². The molecule has 1 aliphatic heterocycles. The van der Waals surface area contributed by atoms with E-state index in [1.807, 2.05) is 0 Å². The fourth-order valence-corrected chi connectivity index (χ4v) is 4.51. The third-order valence-corrected chi connectivity index (χ3v) is 6.09. The Morgan fingerprint density at radius 3 is 2.56 bits per heavy atom. The Morgan fingerprint density at radius 2 is 1.96 bits per heavy atom. The van der Waals surface area contributed by atoms with Crippen molar-refractivity contribution in [2.24, 2.45) is 17.3 Å². The number of carboxylic acid groups (broad SMARTS) is 1. The maximum absolute atomic E-state index is 11.7. The van der Waals surface area contributed by atoms with E-state index in [4.69, 9.17) is 5.10 Å². The first-order valence-electron chi connectivity index (χ1n) is 9.74. The Balaban J connectivity index is 1.78. The van der Waals surface area contributed by atoms with Crippen LogP contribution in [0.5, 0.6) is 0 Å². The molecule has 0 unspecified atom stereocenters. The monoisotopic (exact) mass is 347 g/mol. The number of carbonyl (C=O) groups is 1. The van der Waals surface area contributed by atoms with Crippen molar-refractivity contribution in [3.63, 3.8) is 0 Å². The van der Waals surface area contributed by atoms with Gasteiger partial charge in [0.25, 0.3) is 0 Å². The van der Waals surface area contributed by atoms with E-state index in [1.165, 1.54) is 31.4 Å². The zero-order valence-corrected chi connectivity index (χ0v) is 16.2. The average molecular weight is 348 g/mol. The summed E-state index contributed by atoms with van der Waals surface area (Å²) in [5.74, 6) is -0.507. The fourth-order valence-electron chi connectivity index (χ4n) is 4.51. The molecule has 5 nitrogen and oxygen atoms in total. The van der Waals surface area contributed by atoms with Gasteiger partial charge in [-0.3, -0.25) is 14.4 Å². The van der Waals surface area contributed by atoms with Crippen LogP contribution in [0.15, 0.2) is 6.07 Å². The second-order valence-electron chi connectivity index (χ2n) is 9.19. The van der Waals surface area contributed by atoms with Gasteiger partial charge in [-0.1, -0.05) is 33.6 Å². The maximum atomic E-state index is 11.7. The number of likely N-dealkylation sites (tertiary alicyclic amines) is 1. The van der Waals surface area contributed by atoms with Crippen molar-refractivity contribution in [3.05, 3.63) is 17.5 Å². The first-order chi connectivity index (χ1) is 11.7. The Hall–Kier alpha value is -1.36. The number of nitrogens with zero attached hydrogens (tertiary/aromatic N) is 3. The smallest absolute Gasteiger partial charge is 0.307 e. The lowest BCUT2D eigenvalue weighted by molar-refractivity contribution is -0.145. The molecule has 0 amide bonds. The van der Waals surface area contributed by atoms with E-state index in [-0.39, 0.29) is 11.3 Å². The lowest BCUT2D eigenvalue weighted by Crippen LogP contribution is -2.46. The number of piperidine rings is 1. The van der Waals surface area contributed by atoms with Crippen molar-refractivity contribution in [1.82, 2.24) is 14.7 Å². The molecule has 2 aliphatic rings. The number of rotatable bonds is 4. The van der Waals surface area contributed by atoms with Crippen LogP contribution in [0.2, 0.25) is 0 Å². The molecule has 3 rings (SSSR count). The Kier molecular flexibility index (Phi) is 5.24. The lowest BCUT2D eigenvalue weighted by Gasteiger charge is -2.42. The van der Waals surface area contributed by atoms with Crippen LogP contribution in [0.4, 0.5) is 0 Å². The van der Waals surface area contributed by atoms with E-state index in [1.54, 1.807) is 0 Å². The number of hydrogen-bond acceptors (Lipinski definition) is 3. The molecule has 2 heterocycles. The third-order valence-electron chi connectivity index (χ3n) is 6.09. The second kappa shape index (κ2) is 7.10. The molecule has 0 spiro atoms. The first-order valence-corrected chi connectivity index (χ1v) is 9.74. The summed E-state index contributed by atoms with van der Waals surface area (Å²) < 4.78 is 2.23. The zero-order chi connectivity index (χ0) is 18.2. The average Bonchev–Trinajstić information content (AvgIpc) is 3.15. The van der Waals surface area contributed by atoms with Crippen LogP contribution >= 0.6 is 0 Å². The van der Waals surface area contributed by atoms with Gasteiger partial charge in [-0.2, -0.15) is 5.10 Å². The van der Waals surface area contributed by atoms with E-state index in [0.29, 0.717) is 18.5 Å². The van der Waals surface area contributed by atoms with Gasteiger partial charge < -0.3 is 5.11 Å². The summed E-state index contributed by atoms with van der Waals surface area (Å²) in [6.45, 7) is 11.2. The molecular formula is C20H33N3O2. The molecule has 0 radical (unpaired) electrons. The minimum atomic E-state index is -0.653. The number of aromatic nitrogens is 2. The van der Waals surface area contributed by atoms with Crippen LogP contribution < -0.4 is 0 Å². The highest BCUT2D eigenvalue weighted by molar-refractivity contribution is 5.70. The van der Waals surface area contributed by atoms with Gasteiger partial charge in [0.1, 0.15) is 0 Å². The maximum Gasteiger partial charge on any atom is 0.307 e. The van der Waals surface area contributed by atoms with Gasteiger partial charge in [0.05, 0.1) is 23.3 Å². The number of aryl methyl sites for hydroxylation is 1. The van der Waals surface area contributed by atoms with Gasteiger partial charge in [0, 0.05) is 19.6 Å². The van der Waals surface area contributed by atoms with Crippen LogP contribution in [0, 0.1) is 24.2 Å². The van der Waals surface area contributed by atoms with Crippen molar-refractivity contribution in [3.8, 4) is 0 Å². The van der Waals surface area contributed by atoms with E-state index in [2.05, 4.69) is 43.3 Å².